The van der Waals surface area contributed by atoms with Crippen LogP contribution in [0.4, 0.5) is 0 Å². The Morgan fingerprint density at radius 3 is 2.68 bits per heavy atom. The van der Waals surface area contributed by atoms with Crippen LogP contribution in [0, 0.1) is 5.41 Å². The van der Waals surface area contributed by atoms with Gasteiger partial charge in [-0.2, -0.15) is 4.31 Å². The number of aromatic nitrogens is 2. The zero-order valence-electron chi connectivity index (χ0n) is 13.5. The fourth-order valence-electron chi connectivity index (χ4n) is 4.20. The Bertz CT molecular complexity index is 634. The molecule has 2 saturated carbocycles. The molecule has 1 aromatic heterocycles. The summed E-state index contributed by atoms with van der Waals surface area (Å²) in [6.45, 7) is 2.69. The predicted molar refractivity (Wildman–Crippen MR) is 82.9 cm³/mol. The summed E-state index contributed by atoms with van der Waals surface area (Å²) >= 11 is 0. The first-order chi connectivity index (χ1) is 10.4. The van der Waals surface area contributed by atoms with Gasteiger partial charge in [-0.3, -0.25) is 0 Å². The number of imidazole rings is 1. The number of hydrogen-bond acceptors (Lipinski definition) is 4. The quantitative estimate of drug-likeness (QED) is 0.827. The molecule has 7 heteroatoms. The summed E-state index contributed by atoms with van der Waals surface area (Å²) in [4.78, 5) is 4.02. The van der Waals surface area contributed by atoms with Crippen molar-refractivity contribution in [1.29, 1.82) is 0 Å². The van der Waals surface area contributed by atoms with Crippen molar-refractivity contribution in [3.8, 4) is 0 Å². The molecule has 0 unspecified atom stereocenters. The van der Waals surface area contributed by atoms with Crippen molar-refractivity contribution < 1.29 is 13.2 Å². The van der Waals surface area contributed by atoms with Gasteiger partial charge in [0.2, 0.25) is 0 Å². The largest absolute Gasteiger partial charge is 0.378 e. The van der Waals surface area contributed by atoms with Gasteiger partial charge in [-0.05, 0) is 26.2 Å². The molecule has 2 atom stereocenters. The molecule has 2 fully saturated rings. The number of ether oxygens (including phenoxy) is 1. The van der Waals surface area contributed by atoms with Crippen molar-refractivity contribution in [2.24, 2.45) is 12.5 Å². The van der Waals surface area contributed by atoms with Crippen molar-refractivity contribution in [2.75, 3.05) is 13.7 Å². The SMILES string of the molecule is CCO[C@@H]1C[C@@H](N(C)S(=O)(=O)c2cn(C)cn2)C12CCCC2. The molecule has 6 nitrogen and oxygen atoms in total. The van der Waals surface area contributed by atoms with Gasteiger partial charge in [0.1, 0.15) is 0 Å². The molecule has 0 bridgehead atoms. The van der Waals surface area contributed by atoms with Crippen molar-refractivity contribution in [3.05, 3.63) is 12.5 Å². The molecule has 1 heterocycles. The topological polar surface area (TPSA) is 64.4 Å². The molecule has 0 aromatic carbocycles. The summed E-state index contributed by atoms with van der Waals surface area (Å²) in [5.41, 5.74) is 0.00656. The maximum atomic E-state index is 12.8. The minimum absolute atomic E-state index is 0.00656. The highest BCUT2D eigenvalue weighted by Gasteiger charge is 2.59. The van der Waals surface area contributed by atoms with E-state index in [4.69, 9.17) is 4.74 Å². The number of nitrogens with zero attached hydrogens (tertiary/aromatic N) is 3. The molecular formula is C15H25N3O3S. The Morgan fingerprint density at radius 1 is 1.45 bits per heavy atom. The molecule has 22 heavy (non-hydrogen) atoms. The van der Waals surface area contributed by atoms with E-state index in [1.54, 1.807) is 24.9 Å². The molecule has 0 aliphatic heterocycles. The van der Waals surface area contributed by atoms with Crippen LogP contribution in [-0.4, -0.2) is 48.1 Å². The van der Waals surface area contributed by atoms with Crippen LogP contribution in [0.25, 0.3) is 0 Å². The summed E-state index contributed by atoms with van der Waals surface area (Å²) in [5.74, 6) is 0. The van der Waals surface area contributed by atoms with Crippen LogP contribution < -0.4 is 0 Å². The maximum Gasteiger partial charge on any atom is 0.262 e. The van der Waals surface area contributed by atoms with Crippen molar-refractivity contribution in [3.63, 3.8) is 0 Å². The summed E-state index contributed by atoms with van der Waals surface area (Å²) in [6, 6.07) is 0.0264. The van der Waals surface area contributed by atoms with E-state index in [1.807, 2.05) is 6.92 Å². The zero-order valence-corrected chi connectivity index (χ0v) is 14.3. The van der Waals surface area contributed by atoms with Crippen molar-refractivity contribution >= 4 is 10.0 Å². The van der Waals surface area contributed by atoms with Crippen LogP contribution in [0.3, 0.4) is 0 Å². The second-order valence-electron chi connectivity index (χ2n) is 6.53. The minimum atomic E-state index is -3.53. The predicted octanol–water partition coefficient (Wildman–Crippen LogP) is 1.78. The van der Waals surface area contributed by atoms with E-state index in [0.717, 1.165) is 32.1 Å². The third-order valence-corrected chi connectivity index (χ3v) is 7.16. The van der Waals surface area contributed by atoms with E-state index >= 15 is 0 Å². The highest BCUT2D eigenvalue weighted by atomic mass is 32.2. The summed E-state index contributed by atoms with van der Waals surface area (Å²) in [6.07, 6.45) is 8.52. The van der Waals surface area contributed by atoms with E-state index in [2.05, 4.69) is 4.98 Å². The van der Waals surface area contributed by atoms with Gasteiger partial charge in [-0.25, -0.2) is 13.4 Å². The molecule has 124 valence electrons. The van der Waals surface area contributed by atoms with Gasteiger partial charge in [-0.15, -0.1) is 0 Å². The van der Waals surface area contributed by atoms with Crippen LogP contribution in [0.15, 0.2) is 17.6 Å². The lowest BCUT2D eigenvalue weighted by Crippen LogP contribution is -2.63. The van der Waals surface area contributed by atoms with Crippen LogP contribution in [0.5, 0.6) is 0 Å². The standard InChI is InChI=1S/C15H25N3O3S/c1-4-21-13-9-12(15(13)7-5-6-8-15)18(3)22(19,20)14-10-17(2)11-16-14/h10-13H,4-9H2,1-3H3/t12-,13-/m1/s1. The van der Waals surface area contributed by atoms with Gasteiger partial charge in [0.05, 0.1) is 12.4 Å². The summed E-state index contributed by atoms with van der Waals surface area (Å²) in [7, 11) is -0.0661. The maximum absolute atomic E-state index is 12.8. The van der Waals surface area contributed by atoms with Crippen LogP contribution >= 0.6 is 0 Å². The first-order valence-electron chi connectivity index (χ1n) is 7.99. The normalized spacial score (nSPS) is 27.5. The summed E-state index contributed by atoms with van der Waals surface area (Å²) < 4.78 is 34.7. The molecule has 0 saturated heterocycles. The van der Waals surface area contributed by atoms with Gasteiger partial charge in [-0.1, -0.05) is 12.8 Å². The Labute approximate surface area is 132 Å². The average Bonchev–Trinajstić information content (AvgIpc) is 3.12. The third-order valence-electron chi connectivity index (χ3n) is 5.41. The lowest BCUT2D eigenvalue weighted by Gasteiger charge is -2.56. The highest BCUT2D eigenvalue weighted by molar-refractivity contribution is 7.89. The van der Waals surface area contributed by atoms with Crippen molar-refractivity contribution in [1.82, 2.24) is 13.9 Å². The number of rotatable bonds is 5. The molecule has 1 aromatic rings. The molecule has 3 rings (SSSR count). The van der Waals surface area contributed by atoms with E-state index in [0.29, 0.717) is 6.61 Å². The first-order valence-corrected chi connectivity index (χ1v) is 9.43. The van der Waals surface area contributed by atoms with E-state index in [9.17, 15) is 8.42 Å². The van der Waals surface area contributed by atoms with E-state index < -0.39 is 10.0 Å². The van der Waals surface area contributed by atoms with E-state index in [1.165, 1.54) is 10.6 Å². The van der Waals surface area contributed by atoms with Gasteiger partial charge in [0, 0.05) is 38.4 Å². The number of hydrogen-bond donors (Lipinski definition) is 0. The monoisotopic (exact) mass is 327 g/mol. The Balaban J connectivity index is 1.84. The fourth-order valence-corrected chi connectivity index (χ4v) is 5.60. The second kappa shape index (κ2) is 5.62. The van der Waals surface area contributed by atoms with E-state index in [-0.39, 0.29) is 22.6 Å². The highest BCUT2D eigenvalue weighted by Crippen LogP contribution is 2.57. The van der Waals surface area contributed by atoms with Crippen molar-refractivity contribution in [2.45, 2.75) is 56.2 Å². The zero-order chi connectivity index (χ0) is 16.0. The molecule has 0 amide bonds. The smallest absolute Gasteiger partial charge is 0.262 e. The van der Waals surface area contributed by atoms with Crippen LogP contribution in [0.2, 0.25) is 0 Å². The molecule has 1 spiro atoms. The third kappa shape index (κ3) is 2.30. The van der Waals surface area contributed by atoms with Gasteiger partial charge in [0.15, 0.2) is 5.03 Å². The van der Waals surface area contributed by atoms with Gasteiger partial charge < -0.3 is 9.30 Å². The van der Waals surface area contributed by atoms with Gasteiger partial charge >= 0.3 is 0 Å². The molecular weight excluding hydrogens is 302 g/mol. The van der Waals surface area contributed by atoms with Crippen LogP contribution in [-0.2, 0) is 21.8 Å². The Hall–Kier alpha value is -0.920. The minimum Gasteiger partial charge on any atom is -0.378 e. The lowest BCUT2D eigenvalue weighted by atomic mass is 9.60. The Kier molecular flexibility index (Phi) is 4.07. The lowest BCUT2D eigenvalue weighted by molar-refractivity contribution is -0.145. The first kappa shape index (κ1) is 16.0. The van der Waals surface area contributed by atoms with Crippen LogP contribution in [0.1, 0.15) is 39.0 Å². The Morgan fingerprint density at radius 2 is 2.14 bits per heavy atom. The number of sulfonamides is 1. The second-order valence-corrected chi connectivity index (χ2v) is 8.48. The van der Waals surface area contributed by atoms with Gasteiger partial charge in [0.25, 0.3) is 10.0 Å². The molecule has 2 aliphatic carbocycles. The summed E-state index contributed by atoms with van der Waals surface area (Å²) in [5, 5.41) is 0.130. The molecule has 2 aliphatic rings. The molecule has 0 N–H and O–H groups in total. The number of aryl methyl sites for hydroxylation is 1. The molecule has 0 radical (unpaired) electrons. The average molecular weight is 327 g/mol. The fraction of sp³-hybridized carbons (Fsp3) is 0.800.